The summed E-state index contributed by atoms with van der Waals surface area (Å²) in [6.07, 6.45) is -0.321. The quantitative estimate of drug-likeness (QED) is 0.478. The van der Waals surface area contributed by atoms with Crippen LogP contribution in [0.5, 0.6) is 0 Å². The number of anilines is 1. The molecule has 1 atom stereocenters. The zero-order valence-electron chi connectivity index (χ0n) is 15.9. The number of aryl methyl sites for hydroxylation is 1. The Kier molecular flexibility index (Phi) is 5.50. The first kappa shape index (κ1) is 21.0. The van der Waals surface area contributed by atoms with Crippen molar-refractivity contribution in [2.45, 2.75) is 6.10 Å². The molecule has 14 heteroatoms. The van der Waals surface area contributed by atoms with Crippen molar-refractivity contribution in [1.82, 2.24) is 25.2 Å². The van der Waals surface area contributed by atoms with Crippen LogP contribution in [0.3, 0.4) is 0 Å². The van der Waals surface area contributed by atoms with E-state index in [4.69, 9.17) is 4.74 Å². The van der Waals surface area contributed by atoms with Gasteiger partial charge in [0, 0.05) is 17.3 Å². The van der Waals surface area contributed by atoms with Gasteiger partial charge in [0.1, 0.15) is 17.6 Å². The third-order valence-corrected chi connectivity index (χ3v) is 4.83. The molecule has 31 heavy (non-hydrogen) atoms. The van der Waals surface area contributed by atoms with Crippen molar-refractivity contribution >= 4 is 19.6 Å². The molecule has 1 aliphatic heterocycles. The Bertz CT molecular complexity index is 1170. The van der Waals surface area contributed by atoms with E-state index in [1.54, 1.807) is 19.2 Å². The largest absolute Gasteiger partial charge is 0.790 e. The predicted molar refractivity (Wildman–Crippen MR) is 98.6 cm³/mol. The molecule has 0 N–H and O–H groups in total. The van der Waals surface area contributed by atoms with Crippen molar-refractivity contribution in [3.05, 3.63) is 42.3 Å². The Labute approximate surface area is 174 Å². The second-order valence-corrected chi connectivity index (χ2v) is 7.71. The maximum atomic E-state index is 14.8. The molecule has 162 valence electrons. The van der Waals surface area contributed by atoms with Crippen LogP contribution in [0.1, 0.15) is 0 Å². The first-order chi connectivity index (χ1) is 14.7. The van der Waals surface area contributed by atoms with Gasteiger partial charge in [-0.1, -0.05) is 6.07 Å². The molecule has 1 amide bonds. The Balaban J connectivity index is 1.49. The van der Waals surface area contributed by atoms with Gasteiger partial charge in [-0.15, -0.1) is 10.2 Å². The summed E-state index contributed by atoms with van der Waals surface area (Å²) in [5, 5.41) is 11.6. The summed E-state index contributed by atoms with van der Waals surface area (Å²) in [4.78, 5) is 39.8. The smallest absolute Gasteiger partial charge is 0.414 e. The summed E-state index contributed by atoms with van der Waals surface area (Å²) in [7, 11) is -3.56. The summed E-state index contributed by atoms with van der Waals surface area (Å²) in [6.45, 7) is -0.704. The first-order valence-electron chi connectivity index (χ1n) is 8.85. The third kappa shape index (κ3) is 4.75. The van der Waals surface area contributed by atoms with Crippen LogP contribution in [-0.4, -0.2) is 50.5 Å². The number of halogens is 1. The molecular formula is C17H14FN6O6P-2. The van der Waals surface area contributed by atoms with E-state index in [2.05, 4.69) is 24.9 Å². The molecule has 1 aromatic carbocycles. The van der Waals surface area contributed by atoms with Gasteiger partial charge >= 0.3 is 6.09 Å². The van der Waals surface area contributed by atoms with Crippen molar-refractivity contribution in [1.29, 1.82) is 0 Å². The Morgan fingerprint density at radius 2 is 2.13 bits per heavy atom. The maximum absolute atomic E-state index is 14.8. The normalized spacial score (nSPS) is 16.6. The van der Waals surface area contributed by atoms with Crippen molar-refractivity contribution in [3.63, 3.8) is 0 Å². The van der Waals surface area contributed by atoms with Gasteiger partial charge in [0.2, 0.25) is 5.82 Å². The van der Waals surface area contributed by atoms with Gasteiger partial charge in [-0.3, -0.25) is 9.88 Å². The number of ether oxygens (including phenoxy) is 1. The molecule has 2 aromatic heterocycles. The van der Waals surface area contributed by atoms with E-state index in [0.717, 1.165) is 11.0 Å². The molecule has 12 nitrogen and oxygen atoms in total. The fraction of sp³-hybridized carbons (Fsp3) is 0.235. The predicted octanol–water partition coefficient (Wildman–Crippen LogP) is 0.249. The highest BCUT2D eigenvalue weighted by atomic mass is 31.2. The number of cyclic esters (lactones) is 1. The summed E-state index contributed by atoms with van der Waals surface area (Å²) >= 11 is 0. The topological polar surface area (TPSA) is 158 Å². The summed E-state index contributed by atoms with van der Waals surface area (Å²) in [5.41, 5.74) is 1.42. The molecular weight excluding hydrogens is 434 g/mol. The van der Waals surface area contributed by atoms with Crippen LogP contribution in [-0.2, 0) is 20.9 Å². The molecule has 4 rings (SSSR count). The number of carbonyl (C=O) groups is 1. The monoisotopic (exact) mass is 448 g/mol. The van der Waals surface area contributed by atoms with Crippen molar-refractivity contribution in [2.75, 3.05) is 18.1 Å². The molecule has 1 saturated heterocycles. The van der Waals surface area contributed by atoms with E-state index in [1.807, 2.05) is 0 Å². The number of rotatable bonds is 6. The standard InChI is InChI=1S/C17H16FN6O6P/c1-23-21-16(20-22-23)15-5-2-10(7-19-15)13-4-3-11(6-14(13)18)24-8-12(30-17(24)25)9-29-31(26,27)28/h2-7,12H,8-9H2,1H3,(H2,26,27,28)/p-2/t12-/m1/s1. The lowest BCUT2D eigenvalue weighted by Crippen LogP contribution is -2.27. The Hall–Kier alpha value is -3.25. The number of carbonyl (C=O) groups excluding carboxylic acids is 1. The number of hydrogen-bond acceptors (Lipinski definition) is 10. The number of hydrogen-bond donors (Lipinski definition) is 0. The number of tetrazole rings is 1. The lowest BCUT2D eigenvalue weighted by molar-refractivity contribution is -0.342. The van der Waals surface area contributed by atoms with Crippen LogP contribution < -0.4 is 14.7 Å². The van der Waals surface area contributed by atoms with Gasteiger partial charge in [-0.25, -0.2) is 9.18 Å². The van der Waals surface area contributed by atoms with Crippen LogP contribution >= 0.6 is 7.82 Å². The Morgan fingerprint density at radius 3 is 2.74 bits per heavy atom. The molecule has 3 aromatic rings. The zero-order chi connectivity index (χ0) is 22.2. The zero-order valence-corrected chi connectivity index (χ0v) is 16.8. The van der Waals surface area contributed by atoms with Crippen LogP contribution in [0.4, 0.5) is 14.9 Å². The first-order valence-corrected chi connectivity index (χ1v) is 10.3. The minimum atomic E-state index is -5.19. The van der Waals surface area contributed by atoms with E-state index in [-0.39, 0.29) is 17.8 Å². The van der Waals surface area contributed by atoms with Crippen LogP contribution in [0, 0.1) is 5.82 Å². The molecule has 0 saturated carbocycles. The summed E-state index contributed by atoms with van der Waals surface area (Å²) in [6, 6.07) is 7.41. The van der Waals surface area contributed by atoms with Gasteiger partial charge in [0.05, 0.1) is 33.7 Å². The lowest BCUT2D eigenvalue weighted by atomic mass is 10.1. The fourth-order valence-electron chi connectivity index (χ4n) is 2.97. The van der Waals surface area contributed by atoms with Gasteiger partial charge < -0.3 is 23.6 Å². The third-order valence-electron chi connectivity index (χ3n) is 4.37. The second kappa shape index (κ2) is 8.12. The highest BCUT2D eigenvalue weighted by molar-refractivity contribution is 7.43. The van der Waals surface area contributed by atoms with E-state index in [0.29, 0.717) is 17.1 Å². The molecule has 0 bridgehead atoms. The number of nitrogens with zero attached hydrogens (tertiary/aromatic N) is 6. The number of pyridine rings is 1. The molecule has 1 aliphatic rings. The Morgan fingerprint density at radius 1 is 1.32 bits per heavy atom. The number of phosphoric ester groups is 1. The van der Waals surface area contributed by atoms with E-state index >= 15 is 0 Å². The van der Waals surface area contributed by atoms with Crippen LogP contribution in [0.25, 0.3) is 22.6 Å². The van der Waals surface area contributed by atoms with Crippen molar-refractivity contribution in [2.24, 2.45) is 7.05 Å². The minimum Gasteiger partial charge on any atom is -0.790 e. The average molecular weight is 448 g/mol. The highest BCUT2D eigenvalue weighted by Gasteiger charge is 2.33. The van der Waals surface area contributed by atoms with Crippen LogP contribution in [0.2, 0.25) is 0 Å². The number of phosphoric acid groups is 1. The highest BCUT2D eigenvalue weighted by Crippen LogP contribution is 2.31. The van der Waals surface area contributed by atoms with Crippen molar-refractivity contribution in [3.8, 4) is 22.6 Å². The molecule has 0 aliphatic carbocycles. The molecule has 1 fully saturated rings. The molecule has 0 radical (unpaired) electrons. The van der Waals surface area contributed by atoms with Gasteiger partial charge in [0.15, 0.2) is 0 Å². The summed E-state index contributed by atoms with van der Waals surface area (Å²) in [5.74, 6) is -0.276. The van der Waals surface area contributed by atoms with Crippen LogP contribution in [0.15, 0.2) is 36.5 Å². The molecule has 0 spiro atoms. The molecule has 0 unspecified atom stereocenters. The SMILES string of the molecule is Cn1nnc(-c2ccc(-c3ccc(N4C[C@H](COP(=O)([O-])[O-])OC4=O)cc3F)cn2)n1. The van der Waals surface area contributed by atoms with Crippen molar-refractivity contribution < 1.29 is 32.8 Å². The summed E-state index contributed by atoms with van der Waals surface area (Å²) < 4.78 is 34.4. The second-order valence-electron chi connectivity index (χ2n) is 6.56. The number of amides is 1. The fourth-order valence-corrected chi connectivity index (χ4v) is 3.32. The van der Waals surface area contributed by atoms with Gasteiger partial charge in [0.25, 0.3) is 0 Å². The maximum Gasteiger partial charge on any atom is 0.414 e. The average Bonchev–Trinajstić information content (AvgIpc) is 3.31. The van der Waals surface area contributed by atoms with Gasteiger partial charge in [-0.05, 0) is 29.5 Å². The number of benzene rings is 1. The number of aromatic nitrogens is 5. The van der Waals surface area contributed by atoms with E-state index in [1.165, 1.54) is 23.1 Å². The lowest BCUT2D eigenvalue weighted by Gasteiger charge is -2.29. The minimum absolute atomic E-state index is 0.0982. The molecule has 3 heterocycles. The van der Waals surface area contributed by atoms with E-state index < -0.39 is 32.4 Å². The van der Waals surface area contributed by atoms with Gasteiger partial charge in [-0.2, -0.15) is 4.80 Å². The van der Waals surface area contributed by atoms with E-state index in [9.17, 15) is 23.5 Å².